The van der Waals surface area contributed by atoms with Gasteiger partial charge in [-0.1, -0.05) is 36.4 Å². The van der Waals surface area contributed by atoms with Crippen LogP contribution >= 0.6 is 45.5 Å². The lowest BCUT2D eigenvalue weighted by molar-refractivity contribution is -0.137. The Labute approximate surface area is 317 Å². The van der Waals surface area contributed by atoms with Gasteiger partial charge in [0.25, 0.3) is 5.91 Å². The summed E-state index contributed by atoms with van der Waals surface area (Å²) < 4.78 is 4.10. The first kappa shape index (κ1) is 40.9. The summed E-state index contributed by atoms with van der Waals surface area (Å²) >= 11 is 4.53. The molecule has 0 fully saturated rings. The molecule has 0 heterocycles. The summed E-state index contributed by atoms with van der Waals surface area (Å²) in [6.07, 6.45) is 0.499. The Kier molecular flexibility index (Phi) is 15.2. The number of carbonyl (C=O) groups is 6. The molecule has 1 aliphatic carbocycles. The Morgan fingerprint density at radius 2 is 1.40 bits per heavy atom. The number of carbonyl (C=O) groups excluding carboxylic acids is 3. The molecule has 0 saturated heterocycles. The number of fused-ring (bicyclic) bond motifs is 1. The molecule has 1 atom stereocenters. The summed E-state index contributed by atoms with van der Waals surface area (Å²) in [5.74, 6) is -4.79. The fraction of sp³-hybridized carbons (Fsp3) is 0.471. The molecule has 3 rings (SSSR count). The van der Waals surface area contributed by atoms with Gasteiger partial charge < -0.3 is 36.6 Å². The molecule has 1 unspecified atom stereocenters. The van der Waals surface area contributed by atoms with Crippen LogP contribution in [0.4, 0.5) is 16.2 Å². The number of hydrogen-bond donors (Lipinski definition) is 8. The van der Waals surface area contributed by atoms with Crippen molar-refractivity contribution in [2.45, 2.75) is 101 Å². The standard InChI is InChI=1S/C34H43I2N5O9/c1-4-20-23(16-35)21(5-2)31-22(24(20)17-37-36)15-27(31)40-33(50)39-25-7-6-19(14-26(25)38-18(3)42)32(49)41-34(11-8-28(43)44,12-9-29(45)46)13-10-30(47)48/h6-7,14,27,37H,4-5,8-13,15-17H2,1-3H3,(H,38,42)(H,41,49)(H,43,44)(H,45,46)(H,47,48)(H2,39,40,50). The van der Waals surface area contributed by atoms with Gasteiger partial charge in [0.05, 0.1) is 17.4 Å². The number of nitrogens with one attached hydrogen (secondary N) is 5. The summed E-state index contributed by atoms with van der Waals surface area (Å²) in [6.45, 7) is 6.26. The van der Waals surface area contributed by atoms with Crippen LogP contribution in [0.3, 0.4) is 0 Å². The summed E-state index contributed by atoms with van der Waals surface area (Å²) in [5, 5.41) is 39.1. The van der Waals surface area contributed by atoms with Crippen LogP contribution in [-0.2, 0) is 49.4 Å². The monoisotopic (exact) mass is 919 g/mol. The number of aliphatic carboxylic acids is 3. The zero-order valence-electron chi connectivity index (χ0n) is 28.1. The molecular formula is C34H43I2N5O9. The number of hydrogen-bond acceptors (Lipinski definition) is 7. The molecular weight excluding hydrogens is 876 g/mol. The van der Waals surface area contributed by atoms with E-state index in [-0.39, 0.29) is 42.2 Å². The Morgan fingerprint density at radius 1 is 0.820 bits per heavy atom. The van der Waals surface area contributed by atoms with Crippen molar-refractivity contribution in [3.05, 3.63) is 57.1 Å². The number of anilines is 2. The number of carboxylic acids is 3. The van der Waals surface area contributed by atoms with Crippen LogP contribution < -0.4 is 24.8 Å². The van der Waals surface area contributed by atoms with Crippen molar-refractivity contribution < 1.29 is 44.1 Å². The molecule has 0 aliphatic heterocycles. The molecule has 50 heavy (non-hydrogen) atoms. The van der Waals surface area contributed by atoms with Gasteiger partial charge in [-0.2, -0.15) is 0 Å². The topological polar surface area (TPSA) is 223 Å². The van der Waals surface area contributed by atoms with Crippen LogP contribution in [-0.4, -0.2) is 56.6 Å². The van der Waals surface area contributed by atoms with E-state index in [9.17, 15) is 44.1 Å². The molecule has 0 spiro atoms. The van der Waals surface area contributed by atoms with Gasteiger partial charge in [-0.15, -0.1) is 0 Å². The normalized spacial score (nSPS) is 13.4. The fourth-order valence-corrected chi connectivity index (χ4v) is 7.90. The van der Waals surface area contributed by atoms with Gasteiger partial charge in [-0.3, -0.25) is 27.5 Å². The van der Waals surface area contributed by atoms with E-state index < -0.39 is 60.6 Å². The lowest BCUT2D eigenvalue weighted by atomic mass is 9.72. The van der Waals surface area contributed by atoms with Gasteiger partial charge in [0.2, 0.25) is 5.91 Å². The molecule has 272 valence electrons. The molecule has 16 heteroatoms. The third-order valence-corrected chi connectivity index (χ3v) is 10.1. The van der Waals surface area contributed by atoms with E-state index in [1.54, 1.807) is 0 Å². The van der Waals surface area contributed by atoms with Gasteiger partial charge in [-0.25, -0.2) is 4.79 Å². The Hall–Kier alpha value is -3.52. The van der Waals surface area contributed by atoms with Crippen LogP contribution in [0.25, 0.3) is 0 Å². The van der Waals surface area contributed by atoms with Crippen molar-refractivity contribution in [1.82, 2.24) is 14.2 Å². The number of amides is 4. The molecule has 2 aromatic carbocycles. The molecule has 0 bridgehead atoms. The van der Waals surface area contributed by atoms with E-state index in [1.807, 2.05) is 0 Å². The molecule has 0 aromatic heterocycles. The first-order valence-corrected chi connectivity index (χ1v) is 18.8. The van der Waals surface area contributed by atoms with E-state index in [1.165, 1.54) is 52.9 Å². The maximum Gasteiger partial charge on any atom is 0.319 e. The number of carboxylic acid groups (broad SMARTS) is 3. The minimum Gasteiger partial charge on any atom is -0.481 e. The highest BCUT2D eigenvalue weighted by Crippen LogP contribution is 2.43. The quantitative estimate of drug-likeness (QED) is 0.0493. The highest BCUT2D eigenvalue weighted by molar-refractivity contribution is 14.1. The lowest BCUT2D eigenvalue weighted by Gasteiger charge is -2.38. The molecule has 14 nitrogen and oxygen atoms in total. The maximum absolute atomic E-state index is 13.5. The first-order valence-electron chi connectivity index (χ1n) is 16.2. The molecule has 0 radical (unpaired) electrons. The average Bonchev–Trinajstić information content (AvgIpc) is 3.04. The zero-order chi connectivity index (χ0) is 37.2. The summed E-state index contributed by atoms with van der Waals surface area (Å²) in [4.78, 5) is 73.2. The van der Waals surface area contributed by atoms with Crippen molar-refractivity contribution in [1.29, 1.82) is 0 Å². The van der Waals surface area contributed by atoms with E-state index in [0.717, 1.165) is 29.4 Å². The number of halogens is 2. The van der Waals surface area contributed by atoms with Gasteiger partial charge in [0, 0.05) is 71.1 Å². The van der Waals surface area contributed by atoms with Crippen LogP contribution in [0.15, 0.2) is 18.2 Å². The van der Waals surface area contributed by atoms with Crippen LogP contribution in [0.1, 0.15) is 109 Å². The molecule has 8 N–H and O–H groups in total. The number of urea groups is 1. The number of alkyl halides is 1. The maximum atomic E-state index is 13.5. The minimum atomic E-state index is -1.45. The second-order valence-corrected chi connectivity index (χ2v) is 13.7. The van der Waals surface area contributed by atoms with Crippen LogP contribution in [0.2, 0.25) is 0 Å². The second kappa shape index (κ2) is 18.6. The fourth-order valence-electron chi connectivity index (χ4n) is 6.60. The van der Waals surface area contributed by atoms with E-state index >= 15 is 0 Å². The van der Waals surface area contributed by atoms with Gasteiger partial charge in [0.1, 0.15) is 0 Å². The predicted octanol–water partition coefficient (Wildman–Crippen LogP) is 5.63. The average molecular weight is 920 g/mol. The third kappa shape index (κ3) is 10.5. The van der Waals surface area contributed by atoms with Crippen LogP contribution in [0, 0.1) is 0 Å². The molecule has 2 aromatic rings. The van der Waals surface area contributed by atoms with Crippen molar-refractivity contribution >= 4 is 92.6 Å². The Morgan fingerprint density at radius 3 is 1.88 bits per heavy atom. The summed E-state index contributed by atoms with van der Waals surface area (Å²) in [5.41, 5.74) is 6.47. The number of benzene rings is 2. The third-order valence-electron chi connectivity index (χ3n) is 8.93. The largest absolute Gasteiger partial charge is 0.481 e. The molecule has 1 aliphatic rings. The Balaban J connectivity index is 1.89. The highest BCUT2D eigenvalue weighted by atomic mass is 127. The van der Waals surface area contributed by atoms with E-state index in [0.29, 0.717) is 6.42 Å². The zero-order valence-corrected chi connectivity index (χ0v) is 32.4. The summed E-state index contributed by atoms with van der Waals surface area (Å²) in [7, 11) is 0. The lowest BCUT2D eigenvalue weighted by Crippen LogP contribution is -2.49. The van der Waals surface area contributed by atoms with Crippen molar-refractivity contribution in [2.75, 3.05) is 10.6 Å². The van der Waals surface area contributed by atoms with Crippen molar-refractivity contribution in [3.63, 3.8) is 0 Å². The van der Waals surface area contributed by atoms with Crippen molar-refractivity contribution in [3.8, 4) is 0 Å². The minimum absolute atomic E-state index is 0.0139. The predicted molar refractivity (Wildman–Crippen MR) is 204 cm³/mol. The van der Waals surface area contributed by atoms with Gasteiger partial charge in [-0.05, 0) is 90.1 Å². The van der Waals surface area contributed by atoms with Crippen molar-refractivity contribution in [2.24, 2.45) is 0 Å². The molecule has 0 saturated carbocycles. The van der Waals surface area contributed by atoms with Gasteiger partial charge in [0.15, 0.2) is 0 Å². The van der Waals surface area contributed by atoms with E-state index in [4.69, 9.17) is 0 Å². The van der Waals surface area contributed by atoms with Gasteiger partial charge >= 0.3 is 23.9 Å². The van der Waals surface area contributed by atoms with E-state index in [2.05, 4.69) is 84.1 Å². The highest BCUT2D eigenvalue weighted by Gasteiger charge is 2.36. The first-order chi connectivity index (χ1) is 23.7. The van der Waals surface area contributed by atoms with Crippen LogP contribution in [0.5, 0.6) is 0 Å². The SMILES string of the molecule is CCc1c(CI)c(CC)c2c(c1CNI)CC2NC(=O)Nc1ccc(C(=O)NC(CCC(=O)O)(CCC(=O)O)CCC(=O)O)cc1NC(C)=O. The molecule has 4 amide bonds. The smallest absolute Gasteiger partial charge is 0.319 e. The number of rotatable bonds is 19. The Bertz CT molecular complexity index is 1600. The summed E-state index contributed by atoms with van der Waals surface area (Å²) in [6, 6.07) is 3.43. The second-order valence-electron chi connectivity index (χ2n) is 12.2.